The summed E-state index contributed by atoms with van der Waals surface area (Å²) in [5.74, 6) is -0.117. The second-order valence-electron chi connectivity index (χ2n) is 6.31. The van der Waals surface area contributed by atoms with Crippen molar-refractivity contribution in [3.8, 4) is 17.2 Å². The minimum atomic E-state index is -1.14. The summed E-state index contributed by atoms with van der Waals surface area (Å²) < 4.78 is 12.5. The van der Waals surface area contributed by atoms with Crippen LogP contribution in [0.1, 0.15) is 28.8 Å². The topological polar surface area (TPSA) is 55.8 Å². The Balaban J connectivity index is 1.76. The molecule has 0 radical (unpaired) electrons. The third-order valence-corrected chi connectivity index (χ3v) is 5.18. The molecule has 0 saturated heterocycles. The largest absolute Gasteiger partial charge is 0.506 e. The fraction of sp³-hybridized carbons (Fsp3) is 0.150. The highest BCUT2D eigenvalue weighted by atomic mass is 35.5. The summed E-state index contributed by atoms with van der Waals surface area (Å²) in [6, 6.07) is 14.9. The number of fused-ring (bicyclic) bond motifs is 2. The highest BCUT2D eigenvalue weighted by molar-refractivity contribution is 6.32. The number of hydrogen-bond donors (Lipinski definition) is 1. The van der Waals surface area contributed by atoms with Crippen LogP contribution in [0.2, 0.25) is 5.02 Å². The molecule has 5 rings (SSSR count). The van der Waals surface area contributed by atoms with Crippen molar-refractivity contribution in [3.05, 3.63) is 64.7 Å². The van der Waals surface area contributed by atoms with Crippen LogP contribution in [0.5, 0.6) is 17.2 Å². The van der Waals surface area contributed by atoms with E-state index in [1.807, 2.05) is 36.4 Å². The average Bonchev–Trinajstić information content (AvgIpc) is 2.61. The lowest BCUT2D eigenvalue weighted by molar-refractivity contribution is -0.135. The van der Waals surface area contributed by atoms with Gasteiger partial charge < -0.3 is 14.6 Å². The summed E-state index contributed by atoms with van der Waals surface area (Å²) in [5, 5.41) is 12.4. The van der Waals surface area contributed by atoms with Crippen molar-refractivity contribution in [1.29, 1.82) is 0 Å². The number of carbonyl (C=O) groups is 1. The van der Waals surface area contributed by atoms with Crippen LogP contribution in [-0.4, -0.2) is 10.9 Å². The first-order chi connectivity index (χ1) is 12.1. The van der Waals surface area contributed by atoms with E-state index in [0.717, 1.165) is 10.8 Å². The molecule has 1 aliphatic carbocycles. The highest BCUT2D eigenvalue weighted by Gasteiger charge is 2.48. The van der Waals surface area contributed by atoms with E-state index in [4.69, 9.17) is 21.1 Å². The Morgan fingerprint density at radius 1 is 1.00 bits per heavy atom. The van der Waals surface area contributed by atoms with E-state index >= 15 is 0 Å². The van der Waals surface area contributed by atoms with Gasteiger partial charge in [0.25, 0.3) is 5.79 Å². The molecule has 0 atom stereocenters. The molecule has 0 fully saturated rings. The van der Waals surface area contributed by atoms with Crippen molar-refractivity contribution in [2.24, 2.45) is 0 Å². The van der Waals surface area contributed by atoms with E-state index in [1.165, 1.54) is 0 Å². The molecule has 0 aromatic heterocycles. The lowest BCUT2D eigenvalue weighted by Crippen LogP contribution is -2.45. The number of halogens is 1. The van der Waals surface area contributed by atoms with Gasteiger partial charge in [-0.2, -0.15) is 0 Å². The second kappa shape index (κ2) is 4.90. The van der Waals surface area contributed by atoms with Crippen molar-refractivity contribution in [3.63, 3.8) is 0 Å². The molecule has 3 aromatic carbocycles. The molecule has 5 heteroatoms. The van der Waals surface area contributed by atoms with Crippen LogP contribution < -0.4 is 9.47 Å². The fourth-order valence-corrected chi connectivity index (χ4v) is 3.89. The maximum atomic E-state index is 12.4. The van der Waals surface area contributed by atoms with Crippen molar-refractivity contribution >= 4 is 28.2 Å². The molecule has 0 saturated carbocycles. The van der Waals surface area contributed by atoms with Gasteiger partial charge in [-0.15, -0.1) is 0 Å². The normalized spacial score (nSPS) is 17.1. The molecule has 0 unspecified atom stereocenters. The maximum Gasteiger partial charge on any atom is 0.279 e. The quantitative estimate of drug-likeness (QED) is 0.631. The predicted octanol–water partition coefficient (Wildman–Crippen LogP) is 4.80. The average molecular weight is 353 g/mol. The molecule has 3 aromatic rings. The zero-order valence-electron chi connectivity index (χ0n) is 13.1. The van der Waals surface area contributed by atoms with E-state index in [2.05, 4.69) is 0 Å². The number of ether oxygens (including phenoxy) is 2. The van der Waals surface area contributed by atoms with Gasteiger partial charge in [-0.3, -0.25) is 4.79 Å². The molecule has 4 nitrogen and oxygen atoms in total. The zero-order chi connectivity index (χ0) is 17.2. The summed E-state index contributed by atoms with van der Waals surface area (Å²) in [5.41, 5.74) is 0.697. The third kappa shape index (κ3) is 1.91. The number of phenolic OH excluding ortho intramolecular Hbond substituents is 1. The van der Waals surface area contributed by atoms with Crippen LogP contribution in [-0.2, 0) is 5.79 Å². The first-order valence-electron chi connectivity index (χ1n) is 8.04. The first kappa shape index (κ1) is 14.6. The van der Waals surface area contributed by atoms with Gasteiger partial charge in [0.05, 0.1) is 21.5 Å². The Bertz CT molecular complexity index is 1020. The molecule has 124 valence electrons. The number of carbonyl (C=O) groups excluding carboxylic acids is 1. The lowest BCUT2D eigenvalue weighted by Gasteiger charge is -2.41. The van der Waals surface area contributed by atoms with Gasteiger partial charge in [0, 0.05) is 12.8 Å². The minimum absolute atomic E-state index is 0.141. The summed E-state index contributed by atoms with van der Waals surface area (Å²) in [7, 11) is 0. The second-order valence-corrected chi connectivity index (χ2v) is 6.72. The van der Waals surface area contributed by atoms with Crippen molar-refractivity contribution < 1.29 is 19.4 Å². The summed E-state index contributed by atoms with van der Waals surface area (Å²) >= 11 is 6.00. The molecule has 1 aliphatic heterocycles. The van der Waals surface area contributed by atoms with E-state index < -0.39 is 5.79 Å². The van der Waals surface area contributed by atoms with Crippen LogP contribution in [0.3, 0.4) is 0 Å². The Labute approximate surface area is 148 Å². The van der Waals surface area contributed by atoms with Gasteiger partial charge in [-0.25, -0.2) is 0 Å². The SMILES string of the molecule is O=C1CCC2(Oc3cccc4cccc(c34)O2)c2ccc(Cl)c(O)c21. The Hall–Kier alpha value is -2.72. The fourth-order valence-electron chi connectivity index (χ4n) is 3.73. The van der Waals surface area contributed by atoms with Gasteiger partial charge in [0.15, 0.2) is 5.78 Å². The molecule has 25 heavy (non-hydrogen) atoms. The van der Waals surface area contributed by atoms with Crippen LogP contribution >= 0.6 is 11.6 Å². The van der Waals surface area contributed by atoms with Gasteiger partial charge in [0.2, 0.25) is 0 Å². The Morgan fingerprint density at radius 2 is 1.68 bits per heavy atom. The molecule has 2 aliphatic rings. The first-order valence-corrected chi connectivity index (χ1v) is 8.42. The number of ketones is 1. The van der Waals surface area contributed by atoms with E-state index in [1.54, 1.807) is 12.1 Å². The predicted molar refractivity (Wildman–Crippen MR) is 93.6 cm³/mol. The van der Waals surface area contributed by atoms with Crippen LogP contribution in [0.4, 0.5) is 0 Å². The van der Waals surface area contributed by atoms with Gasteiger partial charge in [0.1, 0.15) is 17.2 Å². The number of aromatic hydroxyl groups is 1. The highest BCUT2D eigenvalue weighted by Crippen LogP contribution is 2.50. The van der Waals surface area contributed by atoms with E-state index in [9.17, 15) is 9.90 Å². The minimum Gasteiger partial charge on any atom is -0.506 e. The maximum absolute atomic E-state index is 12.4. The molecular formula is C20H13ClO4. The molecule has 1 spiro atoms. The number of phenols is 1. The molecule has 0 bridgehead atoms. The third-order valence-electron chi connectivity index (χ3n) is 4.88. The van der Waals surface area contributed by atoms with Gasteiger partial charge in [-0.1, -0.05) is 35.9 Å². The standard InChI is InChI=1S/C20H13ClO4/c21-13-8-7-12-18(19(13)23)14(22)9-10-20(12)24-15-5-1-3-11-4-2-6-16(25-20)17(11)15/h1-8,23H,9-10H2. The Morgan fingerprint density at radius 3 is 2.36 bits per heavy atom. The smallest absolute Gasteiger partial charge is 0.279 e. The van der Waals surface area contributed by atoms with Gasteiger partial charge in [-0.05, 0) is 29.7 Å². The Kier molecular flexibility index (Phi) is 2.86. The molecular weight excluding hydrogens is 340 g/mol. The summed E-state index contributed by atoms with van der Waals surface area (Å²) in [4.78, 5) is 12.4. The summed E-state index contributed by atoms with van der Waals surface area (Å²) in [6.45, 7) is 0. The summed E-state index contributed by atoms with van der Waals surface area (Å²) in [6.07, 6.45) is 0.573. The van der Waals surface area contributed by atoms with E-state index in [-0.39, 0.29) is 28.5 Å². The molecule has 0 amide bonds. The lowest BCUT2D eigenvalue weighted by atomic mass is 9.84. The van der Waals surface area contributed by atoms with Gasteiger partial charge >= 0.3 is 0 Å². The van der Waals surface area contributed by atoms with Crippen LogP contribution in [0.25, 0.3) is 10.8 Å². The number of rotatable bonds is 0. The zero-order valence-corrected chi connectivity index (χ0v) is 13.8. The number of benzene rings is 3. The van der Waals surface area contributed by atoms with Crippen molar-refractivity contribution in [1.82, 2.24) is 0 Å². The molecule has 1 N–H and O–H groups in total. The number of hydrogen-bond acceptors (Lipinski definition) is 4. The van der Waals surface area contributed by atoms with Crippen molar-refractivity contribution in [2.45, 2.75) is 18.6 Å². The van der Waals surface area contributed by atoms with E-state index in [0.29, 0.717) is 23.5 Å². The molecule has 1 heterocycles. The monoisotopic (exact) mass is 352 g/mol. The van der Waals surface area contributed by atoms with Crippen molar-refractivity contribution in [2.75, 3.05) is 0 Å². The van der Waals surface area contributed by atoms with Crippen LogP contribution in [0, 0.1) is 0 Å². The number of Topliss-reactive ketones (excluding diaryl/α,β-unsaturated/α-hetero) is 1. The van der Waals surface area contributed by atoms with Crippen LogP contribution in [0.15, 0.2) is 48.5 Å².